The van der Waals surface area contributed by atoms with E-state index in [2.05, 4.69) is 11.8 Å². The quantitative estimate of drug-likeness (QED) is 0.631. The number of hydrogen-bond acceptors (Lipinski definition) is 5. The first-order valence-corrected chi connectivity index (χ1v) is 6.30. The smallest absolute Gasteiger partial charge is 0.254 e. The third-order valence-electron chi connectivity index (χ3n) is 2.16. The van der Waals surface area contributed by atoms with E-state index >= 15 is 0 Å². The number of carbonyl (C=O) groups excluding carboxylic acids is 1. The van der Waals surface area contributed by atoms with E-state index in [0.717, 1.165) is 0 Å². The van der Waals surface area contributed by atoms with E-state index in [4.69, 9.17) is 15.3 Å². The zero-order chi connectivity index (χ0) is 13.4. The van der Waals surface area contributed by atoms with Crippen LogP contribution in [0.5, 0.6) is 0 Å². The van der Waals surface area contributed by atoms with E-state index in [1.165, 1.54) is 16.2 Å². The third-order valence-corrected chi connectivity index (χ3v) is 3.01. The molecule has 5 nitrogen and oxygen atoms in total. The molecule has 1 amide bonds. The van der Waals surface area contributed by atoms with Crippen LogP contribution in [0.2, 0.25) is 0 Å². The lowest BCUT2D eigenvalue weighted by Gasteiger charge is -2.19. The van der Waals surface area contributed by atoms with Gasteiger partial charge in [0, 0.05) is 18.5 Å². The van der Waals surface area contributed by atoms with Gasteiger partial charge >= 0.3 is 0 Å². The molecule has 0 aliphatic rings. The molecule has 3 N–H and O–H groups in total. The van der Waals surface area contributed by atoms with Gasteiger partial charge in [0.25, 0.3) is 5.91 Å². The molecule has 0 radical (unpaired) electrons. The van der Waals surface area contributed by atoms with Crippen LogP contribution in [0, 0.1) is 11.8 Å². The molecule has 0 bridgehead atoms. The van der Waals surface area contributed by atoms with Crippen LogP contribution in [0.25, 0.3) is 0 Å². The molecule has 0 saturated heterocycles. The first-order chi connectivity index (χ1) is 8.72. The molecule has 98 valence electrons. The number of hydrogen-bond donors (Lipinski definition) is 3. The second-order valence-corrected chi connectivity index (χ2v) is 4.31. The lowest BCUT2D eigenvalue weighted by molar-refractivity contribution is 0.0685. The normalized spacial score (nSPS) is 9.72. The van der Waals surface area contributed by atoms with Crippen LogP contribution >= 0.6 is 11.3 Å². The summed E-state index contributed by atoms with van der Waals surface area (Å²) in [5, 5.41) is 28.0. The highest BCUT2D eigenvalue weighted by Crippen LogP contribution is 2.15. The van der Waals surface area contributed by atoms with Gasteiger partial charge in [0.2, 0.25) is 0 Å². The van der Waals surface area contributed by atoms with Gasteiger partial charge in [-0.2, -0.15) is 0 Å². The van der Waals surface area contributed by atoms with Gasteiger partial charge in [-0.15, -0.1) is 11.3 Å². The molecule has 1 heterocycles. The Morgan fingerprint density at radius 1 is 1.28 bits per heavy atom. The average Bonchev–Trinajstić information content (AvgIpc) is 2.84. The van der Waals surface area contributed by atoms with E-state index in [-0.39, 0.29) is 38.8 Å². The molecular formula is C12H15NO4S. The van der Waals surface area contributed by atoms with Crippen molar-refractivity contribution in [3.05, 3.63) is 21.9 Å². The minimum Gasteiger partial charge on any atom is -0.395 e. The SMILES string of the molecule is O=C(c1csc(C#CCO)c1)N(CCO)CCO. The van der Waals surface area contributed by atoms with Gasteiger partial charge in [0.15, 0.2) is 0 Å². The third kappa shape index (κ3) is 4.13. The largest absolute Gasteiger partial charge is 0.395 e. The van der Waals surface area contributed by atoms with Crippen molar-refractivity contribution in [1.82, 2.24) is 4.90 Å². The molecule has 0 saturated carbocycles. The van der Waals surface area contributed by atoms with Crippen LogP contribution in [-0.2, 0) is 0 Å². The second-order valence-electron chi connectivity index (χ2n) is 3.40. The van der Waals surface area contributed by atoms with Gasteiger partial charge in [-0.1, -0.05) is 11.8 Å². The Morgan fingerprint density at radius 2 is 1.94 bits per heavy atom. The molecule has 18 heavy (non-hydrogen) atoms. The predicted molar refractivity (Wildman–Crippen MR) is 68.4 cm³/mol. The summed E-state index contributed by atoms with van der Waals surface area (Å²) in [5.74, 6) is 4.98. The first kappa shape index (κ1) is 14.7. The summed E-state index contributed by atoms with van der Waals surface area (Å²) >= 11 is 1.31. The number of carbonyl (C=O) groups is 1. The van der Waals surface area contributed by atoms with Crippen LogP contribution in [-0.4, -0.2) is 59.0 Å². The zero-order valence-corrected chi connectivity index (χ0v) is 10.6. The molecule has 1 rings (SSSR count). The van der Waals surface area contributed by atoms with Gasteiger partial charge < -0.3 is 20.2 Å². The number of aliphatic hydroxyl groups is 3. The van der Waals surface area contributed by atoms with Crippen LogP contribution in [0.4, 0.5) is 0 Å². The van der Waals surface area contributed by atoms with Gasteiger partial charge in [0.05, 0.1) is 23.7 Å². The minimum atomic E-state index is -0.244. The van der Waals surface area contributed by atoms with Crippen LogP contribution in [0.15, 0.2) is 11.4 Å². The highest BCUT2D eigenvalue weighted by molar-refractivity contribution is 7.10. The van der Waals surface area contributed by atoms with Crippen molar-refractivity contribution in [3.8, 4) is 11.8 Å². The molecule has 0 aliphatic carbocycles. The topological polar surface area (TPSA) is 81.0 Å². The Balaban J connectivity index is 2.78. The van der Waals surface area contributed by atoms with Gasteiger partial charge in [0.1, 0.15) is 6.61 Å². The Morgan fingerprint density at radius 3 is 2.50 bits per heavy atom. The monoisotopic (exact) mass is 269 g/mol. The Hall–Kier alpha value is -1.39. The predicted octanol–water partition coefficient (Wildman–Crippen LogP) is -0.481. The number of amides is 1. The van der Waals surface area contributed by atoms with Gasteiger partial charge in [-0.05, 0) is 6.07 Å². The molecule has 0 aliphatic heterocycles. The van der Waals surface area contributed by atoms with Crippen LogP contribution in [0.1, 0.15) is 15.2 Å². The fraction of sp³-hybridized carbons (Fsp3) is 0.417. The van der Waals surface area contributed by atoms with Crippen molar-refractivity contribution in [1.29, 1.82) is 0 Å². The molecule has 0 unspecified atom stereocenters. The van der Waals surface area contributed by atoms with Crippen molar-refractivity contribution in [3.63, 3.8) is 0 Å². The standard InChI is InChI=1S/C12H15NO4S/c14-5-1-2-11-8-10(9-18-11)12(17)13(3-6-15)4-7-16/h8-9,14-16H,3-7H2. The maximum absolute atomic E-state index is 12.0. The number of rotatable bonds is 5. The van der Waals surface area contributed by atoms with Crippen molar-refractivity contribution in [2.45, 2.75) is 0 Å². The van der Waals surface area contributed by atoms with Crippen LogP contribution in [0.3, 0.4) is 0 Å². The highest BCUT2D eigenvalue weighted by Gasteiger charge is 2.15. The minimum absolute atomic E-state index is 0.146. The van der Waals surface area contributed by atoms with E-state index < -0.39 is 0 Å². The molecule has 0 spiro atoms. The molecule has 6 heteroatoms. The van der Waals surface area contributed by atoms with Crippen molar-refractivity contribution in [2.75, 3.05) is 32.9 Å². The summed E-state index contributed by atoms with van der Waals surface area (Å²) in [6.07, 6.45) is 0. The number of thiophene rings is 1. The summed E-state index contributed by atoms with van der Waals surface area (Å²) in [7, 11) is 0. The molecule has 0 aromatic carbocycles. The molecular weight excluding hydrogens is 254 g/mol. The van der Waals surface area contributed by atoms with E-state index in [1.807, 2.05) is 0 Å². The van der Waals surface area contributed by atoms with E-state index in [1.54, 1.807) is 11.4 Å². The highest BCUT2D eigenvalue weighted by atomic mass is 32.1. The Labute approximate surface area is 109 Å². The second kappa shape index (κ2) is 7.84. The van der Waals surface area contributed by atoms with Crippen molar-refractivity contribution in [2.24, 2.45) is 0 Å². The van der Waals surface area contributed by atoms with Gasteiger partial charge in [-0.3, -0.25) is 4.79 Å². The maximum Gasteiger partial charge on any atom is 0.254 e. The summed E-state index contributed by atoms with van der Waals surface area (Å²) in [5.41, 5.74) is 0.476. The van der Waals surface area contributed by atoms with E-state index in [0.29, 0.717) is 10.4 Å². The molecule has 1 aromatic rings. The Bertz CT molecular complexity index is 440. The Kier molecular flexibility index (Phi) is 6.39. The summed E-state index contributed by atoms with van der Waals surface area (Å²) < 4.78 is 0. The lowest BCUT2D eigenvalue weighted by Crippen LogP contribution is -2.35. The average molecular weight is 269 g/mol. The molecule has 0 fully saturated rings. The van der Waals surface area contributed by atoms with Crippen molar-refractivity contribution >= 4 is 17.2 Å². The number of aliphatic hydroxyl groups excluding tert-OH is 3. The van der Waals surface area contributed by atoms with E-state index in [9.17, 15) is 4.79 Å². The molecule has 1 aromatic heterocycles. The molecule has 0 atom stereocenters. The lowest BCUT2D eigenvalue weighted by atomic mass is 10.2. The van der Waals surface area contributed by atoms with Crippen LogP contribution < -0.4 is 0 Å². The fourth-order valence-electron chi connectivity index (χ4n) is 1.38. The zero-order valence-electron chi connectivity index (χ0n) is 9.80. The first-order valence-electron chi connectivity index (χ1n) is 5.42. The fourth-order valence-corrected chi connectivity index (χ4v) is 2.13. The number of nitrogens with zero attached hydrogens (tertiary/aromatic N) is 1. The maximum atomic E-state index is 12.0. The van der Waals surface area contributed by atoms with Gasteiger partial charge in [-0.25, -0.2) is 0 Å². The summed E-state index contributed by atoms with van der Waals surface area (Å²) in [4.78, 5) is 14.1. The summed E-state index contributed by atoms with van der Waals surface area (Å²) in [6, 6.07) is 1.64. The van der Waals surface area contributed by atoms with Crippen molar-refractivity contribution < 1.29 is 20.1 Å². The summed E-state index contributed by atoms with van der Waals surface area (Å²) in [6.45, 7) is -0.137.